The summed E-state index contributed by atoms with van der Waals surface area (Å²) in [5, 5.41) is 13.3. The fourth-order valence-corrected chi connectivity index (χ4v) is 1.63. The second-order valence-electron chi connectivity index (χ2n) is 3.53. The van der Waals surface area contributed by atoms with Crippen molar-refractivity contribution < 1.29 is 9.31 Å². The highest BCUT2D eigenvalue weighted by Crippen LogP contribution is 2.25. The van der Waals surface area contributed by atoms with Gasteiger partial charge in [-0.15, -0.1) is 12.4 Å². The molecule has 0 saturated carbocycles. The Labute approximate surface area is 103 Å². The van der Waals surface area contributed by atoms with E-state index in [1.54, 1.807) is 18.3 Å². The maximum absolute atomic E-state index is 13.6. The lowest BCUT2D eigenvalue weighted by Crippen LogP contribution is -2.38. The third-order valence-corrected chi connectivity index (χ3v) is 2.45. The van der Waals surface area contributed by atoms with Crippen molar-refractivity contribution >= 4 is 12.4 Å². The van der Waals surface area contributed by atoms with Crippen molar-refractivity contribution in [2.75, 3.05) is 6.54 Å². The van der Waals surface area contributed by atoms with E-state index < -0.39 is 22.8 Å². The lowest BCUT2D eigenvalue weighted by atomic mass is 10.0. The van der Waals surface area contributed by atoms with Gasteiger partial charge in [0.15, 0.2) is 0 Å². The van der Waals surface area contributed by atoms with Crippen LogP contribution < -0.4 is 5.32 Å². The van der Waals surface area contributed by atoms with Crippen LogP contribution in [0.25, 0.3) is 0 Å². The van der Waals surface area contributed by atoms with Gasteiger partial charge in [-0.3, -0.25) is 20.4 Å². The number of hydrogen-bond acceptors (Lipinski definition) is 4. The first-order valence-electron chi connectivity index (χ1n) is 4.82. The fourth-order valence-electron chi connectivity index (χ4n) is 1.63. The number of hydrogen-bond donors (Lipinski definition) is 1. The zero-order chi connectivity index (χ0) is 11.5. The van der Waals surface area contributed by atoms with Gasteiger partial charge in [-0.25, -0.2) is 4.39 Å². The first kappa shape index (κ1) is 13.5. The first-order chi connectivity index (χ1) is 7.68. The molecule has 1 aromatic heterocycles. The van der Waals surface area contributed by atoms with Gasteiger partial charge >= 0.3 is 0 Å². The number of rotatable bonds is 2. The van der Waals surface area contributed by atoms with Crippen LogP contribution in [0.4, 0.5) is 4.39 Å². The van der Waals surface area contributed by atoms with Crippen molar-refractivity contribution in [2.45, 2.75) is 12.1 Å². The van der Waals surface area contributed by atoms with E-state index in [1.807, 2.05) is 0 Å². The third-order valence-electron chi connectivity index (χ3n) is 2.45. The van der Waals surface area contributed by atoms with Crippen molar-refractivity contribution in [3.05, 3.63) is 52.1 Å². The number of nitrogens with zero attached hydrogens (tertiary/aromatic N) is 2. The van der Waals surface area contributed by atoms with Gasteiger partial charge in [0.05, 0.1) is 12.6 Å². The molecule has 7 heteroatoms. The lowest BCUT2D eigenvalue weighted by Gasteiger charge is -2.22. The van der Waals surface area contributed by atoms with Crippen molar-refractivity contribution in [3.63, 3.8) is 0 Å². The predicted molar refractivity (Wildman–Crippen MR) is 62.2 cm³/mol. The topological polar surface area (TPSA) is 68.1 Å². The van der Waals surface area contributed by atoms with Crippen molar-refractivity contribution in [2.24, 2.45) is 0 Å². The first-order valence-corrected chi connectivity index (χ1v) is 4.82. The van der Waals surface area contributed by atoms with E-state index in [4.69, 9.17) is 0 Å². The summed E-state index contributed by atoms with van der Waals surface area (Å²) in [5.41, 5.74) is 0.665. The minimum Gasteiger partial charge on any atom is -0.297 e. The fraction of sp³-hybridized carbons (Fsp3) is 0.300. The van der Waals surface area contributed by atoms with Gasteiger partial charge in [0.2, 0.25) is 6.04 Å². The molecule has 0 spiro atoms. The zero-order valence-electron chi connectivity index (χ0n) is 8.75. The molecule has 5 nitrogen and oxygen atoms in total. The molecule has 92 valence electrons. The number of aromatic nitrogens is 1. The van der Waals surface area contributed by atoms with E-state index in [0.717, 1.165) is 6.08 Å². The van der Waals surface area contributed by atoms with Crippen LogP contribution in [-0.2, 0) is 0 Å². The van der Waals surface area contributed by atoms with Gasteiger partial charge in [0.25, 0.3) is 0 Å². The largest absolute Gasteiger partial charge is 0.297 e. The van der Waals surface area contributed by atoms with Gasteiger partial charge in [0.1, 0.15) is 5.83 Å². The van der Waals surface area contributed by atoms with Crippen molar-refractivity contribution in [1.29, 1.82) is 0 Å². The van der Waals surface area contributed by atoms with Crippen LogP contribution in [0.3, 0.4) is 0 Å². The SMILES string of the molecule is Cl.O=[N+]([O-])C1C=C(F)C(c2cccnc2)NC1. The summed E-state index contributed by atoms with van der Waals surface area (Å²) in [4.78, 5) is 13.9. The Kier molecular flexibility index (Phi) is 4.53. The van der Waals surface area contributed by atoms with E-state index in [0.29, 0.717) is 5.56 Å². The molecule has 2 heterocycles. The Morgan fingerprint density at radius 1 is 1.59 bits per heavy atom. The summed E-state index contributed by atoms with van der Waals surface area (Å²) in [6.07, 6.45) is 4.18. The minimum absolute atomic E-state index is 0. The summed E-state index contributed by atoms with van der Waals surface area (Å²) in [7, 11) is 0. The molecule has 0 radical (unpaired) electrons. The lowest BCUT2D eigenvalue weighted by molar-refractivity contribution is -0.508. The van der Waals surface area contributed by atoms with Crippen LogP contribution in [-0.4, -0.2) is 22.5 Å². The van der Waals surface area contributed by atoms with Crippen LogP contribution in [0.5, 0.6) is 0 Å². The third kappa shape index (κ3) is 2.98. The van der Waals surface area contributed by atoms with Gasteiger partial charge in [-0.05, 0) is 11.6 Å². The molecule has 2 rings (SSSR count). The zero-order valence-corrected chi connectivity index (χ0v) is 9.56. The van der Waals surface area contributed by atoms with Gasteiger partial charge in [-0.1, -0.05) is 6.07 Å². The molecule has 0 bridgehead atoms. The Bertz CT molecular complexity index is 427. The standard InChI is InChI=1S/C10H10FN3O2.ClH/c11-9-4-8(14(15)16)6-13-10(9)7-2-1-3-12-5-7;/h1-5,8,10,13H,6H2;1H. The highest BCUT2D eigenvalue weighted by atomic mass is 35.5. The van der Waals surface area contributed by atoms with E-state index in [-0.39, 0.29) is 19.0 Å². The highest BCUT2D eigenvalue weighted by molar-refractivity contribution is 5.85. The van der Waals surface area contributed by atoms with Crippen LogP contribution in [0.15, 0.2) is 36.4 Å². The molecule has 1 aromatic rings. The number of pyridine rings is 1. The summed E-state index contributed by atoms with van der Waals surface area (Å²) in [6, 6.07) is 1.81. The Hall–Kier alpha value is -1.53. The smallest absolute Gasteiger partial charge is 0.246 e. The van der Waals surface area contributed by atoms with Gasteiger partial charge in [0, 0.05) is 23.4 Å². The van der Waals surface area contributed by atoms with E-state index in [1.165, 1.54) is 6.20 Å². The van der Waals surface area contributed by atoms with E-state index in [2.05, 4.69) is 10.3 Å². The van der Waals surface area contributed by atoms with Gasteiger partial charge < -0.3 is 0 Å². The molecule has 0 amide bonds. The molecule has 17 heavy (non-hydrogen) atoms. The highest BCUT2D eigenvalue weighted by Gasteiger charge is 2.29. The predicted octanol–water partition coefficient (Wildman–Crippen LogP) is 1.65. The Morgan fingerprint density at radius 3 is 2.88 bits per heavy atom. The molecular formula is C10H11ClFN3O2. The molecule has 1 aliphatic rings. The minimum atomic E-state index is -0.993. The molecule has 0 fully saturated rings. The molecule has 2 unspecified atom stereocenters. The summed E-state index contributed by atoms with van der Waals surface area (Å²) >= 11 is 0. The molecule has 0 saturated heterocycles. The molecule has 1 aliphatic heterocycles. The van der Waals surface area contributed by atoms with Crippen LogP contribution in [0.1, 0.15) is 11.6 Å². The van der Waals surface area contributed by atoms with Crippen LogP contribution >= 0.6 is 12.4 Å². The van der Waals surface area contributed by atoms with Crippen molar-refractivity contribution in [3.8, 4) is 0 Å². The van der Waals surface area contributed by atoms with Gasteiger partial charge in [-0.2, -0.15) is 0 Å². The molecule has 1 N–H and O–H groups in total. The summed E-state index contributed by atoms with van der Waals surface area (Å²) in [5.74, 6) is -0.527. The van der Waals surface area contributed by atoms with Crippen molar-refractivity contribution in [1.82, 2.24) is 10.3 Å². The monoisotopic (exact) mass is 259 g/mol. The second kappa shape index (κ2) is 5.70. The average Bonchev–Trinajstić information content (AvgIpc) is 2.30. The molecule has 0 aliphatic carbocycles. The molecule has 2 atom stereocenters. The molecular weight excluding hydrogens is 249 g/mol. The van der Waals surface area contributed by atoms with E-state index in [9.17, 15) is 14.5 Å². The second-order valence-corrected chi connectivity index (χ2v) is 3.53. The van der Waals surface area contributed by atoms with Crippen LogP contribution in [0.2, 0.25) is 0 Å². The number of nitro groups is 1. The van der Waals surface area contributed by atoms with E-state index >= 15 is 0 Å². The average molecular weight is 260 g/mol. The molecule has 0 aromatic carbocycles. The Balaban J connectivity index is 0.00000144. The normalized spacial score (nSPS) is 23.5. The Morgan fingerprint density at radius 2 is 2.35 bits per heavy atom. The quantitative estimate of drug-likeness (QED) is 0.648. The summed E-state index contributed by atoms with van der Waals surface area (Å²) < 4.78 is 13.6. The maximum Gasteiger partial charge on any atom is 0.246 e. The van der Waals surface area contributed by atoms with Crippen LogP contribution in [0, 0.1) is 10.1 Å². The number of nitrogens with one attached hydrogen (secondary N) is 1. The summed E-state index contributed by atoms with van der Waals surface area (Å²) in [6.45, 7) is 0.125. The number of halogens is 2. The maximum atomic E-state index is 13.6.